The molecule has 2 amide bonds. The normalized spacial score (nSPS) is 13.3. The highest BCUT2D eigenvalue weighted by atomic mass is 16.2. The van der Waals surface area contributed by atoms with E-state index < -0.39 is 0 Å². The second-order valence-corrected chi connectivity index (χ2v) is 7.31. The average Bonchev–Trinajstić information content (AvgIpc) is 3.05. The zero-order chi connectivity index (χ0) is 19.2. The van der Waals surface area contributed by atoms with Gasteiger partial charge in [0.05, 0.1) is 5.69 Å². The Hall–Kier alpha value is -2.63. The van der Waals surface area contributed by atoms with Crippen LogP contribution in [0.4, 0.5) is 0 Å². The Morgan fingerprint density at radius 1 is 1.15 bits per heavy atom. The van der Waals surface area contributed by atoms with Crippen LogP contribution in [0.2, 0.25) is 0 Å². The minimum absolute atomic E-state index is 0.0318. The van der Waals surface area contributed by atoms with Crippen molar-refractivity contribution >= 4 is 11.8 Å². The summed E-state index contributed by atoms with van der Waals surface area (Å²) in [5, 5.41) is 5.84. The van der Waals surface area contributed by atoms with Crippen molar-refractivity contribution < 1.29 is 9.59 Å². The molecule has 2 aromatic rings. The quantitative estimate of drug-likeness (QED) is 0.738. The summed E-state index contributed by atoms with van der Waals surface area (Å²) < 4.78 is 1.92. The first-order chi connectivity index (χ1) is 13.1. The molecule has 0 atom stereocenters. The molecule has 1 aliphatic rings. The maximum absolute atomic E-state index is 12.7. The Morgan fingerprint density at radius 2 is 1.93 bits per heavy atom. The predicted octanol–water partition coefficient (Wildman–Crippen LogP) is 2.72. The van der Waals surface area contributed by atoms with Gasteiger partial charge >= 0.3 is 0 Å². The first-order valence-corrected chi connectivity index (χ1v) is 9.78. The topological polar surface area (TPSA) is 76.0 Å². The first-order valence-electron chi connectivity index (χ1n) is 9.78. The molecule has 1 aromatic heterocycles. The van der Waals surface area contributed by atoms with Gasteiger partial charge in [-0.15, -0.1) is 0 Å². The van der Waals surface area contributed by atoms with Crippen molar-refractivity contribution in [3.05, 3.63) is 53.1 Å². The molecule has 0 fully saturated rings. The van der Waals surface area contributed by atoms with Crippen molar-refractivity contribution in [2.45, 2.75) is 58.5 Å². The lowest BCUT2D eigenvalue weighted by Gasteiger charge is -2.17. The van der Waals surface area contributed by atoms with Crippen molar-refractivity contribution in [2.75, 3.05) is 6.54 Å². The Kier molecular flexibility index (Phi) is 6.27. The monoisotopic (exact) mass is 368 g/mol. The Bertz CT molecular complexity index is 796. The number of amides is 2. The zero-order valence-electron chi connectivity index (χ0n) is 16.1. The molecule has 1 aliphatic heterocycles. The van der Waals surface area contributed by atoms with Crippen LogP contribution in [0.1, 0.15) is 65.5 Å². The number of fused-ring (bicyclic) bond motifs is 1. The van der Waals surface area contributed by atoms with Crippen LogP contribution in [0.3, 0.4) is 0 Å². The van der Waals surface area contributed by atoms with E-state index >= 15 is 0 Å². The predicted molar refractivity (Wildman–Crippen MR) is 105 cm³/mol. The molecule has 1 aromatic carbocycles. The third-order valence-electron chi connectivity index (χ3n) is 4.73. The standard InChI is InChI=1S/C21H28N4O2/c1-15(2)23-21(27)19-24-18(17-12-6-7-14-25(17)19)20(26)22-13-8-11-16-9-4-3-5-10-16/h3-5,9-10,15H,6-8,11-14H2,1-2H3,(H,22,26)(H,23,27). The number of nitrogens with one attached hydrogen (secondary N) is 2. The number of hydrogen-bond acceptors (Lipinski definition) is 3. The Labute approximate surface area is 160 Å². The molecule has 0 saturated carbocycles. The molecule has 6 heteroatoms. The highest BCUT2D eigenvalue weighted by Crippen LogP contribution is 2.21. The molecule has 0 bridgehead atoms. The molecule has 144 valence electrons. The van der Waals surface area contributed by atoms with Crippen molar-refractivity contribution in [1.29, 1.82) is 0 Å². The number of carbonyl (C=O) groups excluding carboxylic acids is 2. The van der Waals surface area contributed by atoms with Gasteiger partial charge in [-0.05, 0) is 51.5 Å². The molecule has 0 radical (unpaired) electrons. The van der Waals surface area contributed by atoms with Crippen molar-refractivity contribution in [1.82, 2.24) is 20.2 Å². The number of hydrogen-bond donors (Lipinski definition) is 2. The fourth-order valence-corrected chi connectivity index (χ4v) is 3.45. The van der Waals surface area contributed by atoms with Gasteiger partial charge in [-0.2, -0.15) is 0 Å². The van der Waals surface area contributed by atoms with Gasteiger partial charge in [0, 0.05) is 19.1 Å². The van der Waals surface area contributed by atoms with E-state index in [1.54, 1.807) is 0 Å². The van der Waals surface area contributed by atoms with Crippen LogP contribution in [0.25, 0.3) is 0 Å². The van der Waals surface area contributed by atoms with Gasteiger partial charge in [0.25, 0.3) is 11.8 Å². The molecule has 0 aliphatic carbocycles. The van der Waals surface area contributed by atoms with E-state index in [0.29, 0.717) is 18.1 Å². The van der Waals surface area contributed by atoms with E-state index in [2.05, 4.69) is 27.8 Å². The molecule has 0 unspecified atom stereocenters. The van der Waals surface area contributed by atoms with Crippen LogP contribution in [0.15, 0.2) is 30.3 Å². The van der Waals surface area contributed by atoms with Crippen molar-refractivity contribution in [3.8, 4) is 0 Å². The highest BCUT2D eigenvalue weighted by Gasteiger charge is 2.27. The van der Waals surface area contributed by atoms with Crippen LogP contribution in [0, 0.1) is 0 Å². The second kappa shape index (κ2) is 8.84. The number of benzene rings is 1. The molecule has 0 spiro atoms. The minimum atomic E-state index is -0.212. The molecule has 3 rings (SSSR count). The van der Waals surface area contributed by atoms with E-state index in [4.69, 9.17) is 0 Å². The number of carbonyl (C=O) groups is 2. The van der Waals surface area contributed by atoms with Crippen LogP contribution >= 0.6 is 0 Å². The lowest BCUT2D eigenvalue weighted by atomic mass is 10.1. The van der Waals surface area contributed by atoms with Crippen LogP contribution in [0.5, 0.6) is 0 Å². The Balaban J connectivity index is 1.65. The minimum Gasteiger partial charge on any atom is -0.351 e. The molecule has 27 heavy (non-hydrogen) atoms. The van der Waals surface area contributed by atoms with Crippen LogP contribution in [-0.2, 0) is 19.4 Å². The summed E-state index contributed by atoms with van der Waals surface area (Å²) in [5.41, 5.74) is 2.55. The molecular weight excluding hydrogens is 340 g/mol. The summed E-state index contributed by atoms with van der Waals surface area (Å²) >= 11 is 0. The zero-order valence-corrected chi connectivity index (χ0v) is 16.1. The van der Waals surface area contributed by atoms with E-state index in [0.717, 1.165) is 44.3 Å². The summed E-state index contributed by atoms with van der Waals surface area (Å²) in [6.45, 7) is 5.16. The van der Waals surface area contributed by atoms with Crippen molar-refractivity contribution in [2.24, 2.45) is 0 Å². The highest BCUT2D eigenvalue weighted by molar-refractivity contribution is 5.97. The fourth-order valence-electron chi connectivity index (χ4n) is 3.45. The van der Waals surface area contributed by atoms with Crippen LogP contribution in [-0.4, -0.2) is 34.0 Å². The molecule has 0 saturated heterocycles. The molecule has 2 heterocycles. The van der Waals surface area contributed by atoms with Gasteiger partial charge in [-0.1, -0.05) is 30.3 Å². The number of nitrogens with zero attached hydrogens (tertiary/aromatic N) is 2. The molecular formula is C21H28N4O2. The van der Waals surface area contributed by atoms with E-state index in [-0.39, 0.29) is 17.9 Å². The van der Waals surface area contributed by atoms with Gasteiger partial charge in [0.2, 0.25) is 0 Å². The lowest BCUT2D eigenvalue weighted by molar-refractivity contribution is 0.0927. The summed E-state index contributed by atoms with van der Waals surface area (Å²) in [6.07, 6.45) is 4.60. The summed E-state index contributed by atoms with van der Waals surface area (Å²) in [4.78, 5) is 29.5. The third-order valence-corrected chi connectivity index (χ3v) is 4.73. The van der Waals surface area contributed by atoms with Gasteiger partial charge < -0.3 is 15.2 Å². The average molecular weight is 368 g/mol. The number of rotatable bonds is 7. The van der Waals surface area contributed by atoms with Gasteiger partial charge in [0.15, 0.2) is 5.82 Å². The maximum Gasteiger partial charge on any atom is 0.287 e. The number of aryl methyl sites for hydroxylation is 1. The number of imidazole rings is 1. The summed E-state index contributed by atoms with van der Waals surface area (Å²) in [7, 11) is 0. The largest absolute Gasteiger partial charge is 0.351 e. The van der Waals surface area contributed by atoms with Gasteiger partial charge in [0.1, 0.15) is 5.69 Å². The molecule has 6 nitrogen and oxygen atoms in total. The second-order valence-electron chi connectivity index (χ2n) is 7.31. The van der Waals surface area contributed by atoms with Crippen LogP contribution < -0.4 is 10.6 Å². The lowest BCUT2D eigenvalue weighted by Crippen LogP contribution is -2.33. The Morgan fingerprint density at radius 3 is 2.67 bits per heavy atom. The summed E-state index contributed by atoms with van der Waals surface area (Å²) in [5.74, 6) is -0.0404. The number of aromatic nitrogens is 2. The van der Waals surface area contributed by atoms with Crippen molar-refractivity contribution in [3.63, 3.8) is 0 Å². The molecule has 2 N–H and O–H groups in total. The van der Waals surface area contributed by atoms with Gasteiger partial charge in [-0.25, -0.2) is 4.98 Å². The first kappa shape index (κ1) is 19.1. The SMILES string of the molecule is CC(C)NC(=O)c1nc(C(=O)NCCCc2ccccc2)c2n1CCCC2. The van der Waals surface area contributed by atoms with E-state index in [1.807, 2.05) is 36.6 Å². The fraction of sp³-hybridized carbons (Fsp3) is 0.476. The van der Waals surface area contributed by atoms with E-state index in [1.165, 1.54) is 5.56 Å². The summed E-state index contributed by atoms with van der Waals surface area (Å²) in [6, 6.07) is 10.3. The smallest absolute Gasteiger partial charge is 0.287 e. The van der Waals surface area contributed by atoms with Gasteiger partial charge in [-0.3, -0.25) is 9.59 Å². The third kappa shape index (κ3) is 4.76. The van der Waals surface area contributed by atoms with E-state index in [9.17, 15) is 9.59 Å². The maximum atomic E-state index is 12.7.